The zero-order valence-electron chi connectivity index (χ0n) is 14.5. The van der Waals surface area contributed by atoms with Gasteiger partial charge in [0.05, 0.1) is 12.2 Å². The van der Waals surface area contributed by atoms with Gasteiger partial charge in [0.2, 0.25) is 0 Å². The number of hydrogen-bond donors (Lipinski definition) is 2. The first-order valence-electron chi connectivity index (χ1n) is 8.37. The van der Waals surface area contributed by atoms with Crippen molar-refractivity contribution in [1.82, 2.24) is 20.3 Å². The maximum atomic E-state index is 12.4. The Labute approximate surface area is 154 Å². The van der Waals surface area contributed by atoms with E-state index in [9.17, 15) is 9.59 Å². The summed E-state index contributed by atoms with van der Waals surface area (Å²) in [6.07, 6.45) is 3.25. The van der Waals surface area contributed by atoms with Gasteiger partial charge >= 0.3 is 0 Å². The van der Waals surface area contributed by atoms with Crippen LogP contribution in [0.4, 0.5) is 0 Å². The van der Waals surface area contributed by atoms with Gasteiger partial charge < -0.3 is 14.7 Å². The lowest BCUT2D eigenvalue weighted by Gasteiger charge is -2.07. The summed E-state index contributed by atoms with van der Waals surface area (Å²) in [4.78, 5) is 35.4. The molecular weight excluding hydrogens is 344 g/mol. The van der Waals surface area contributed by atoms with E-state index in [4.69, 9.17) is 4.42 Å². The maximum absolute atomic E-state index is 12.4. The Bertz CT molecular complexity index is 1180. The van der Waals surface area contributed by atoms with E-state index in [2.05, 4.69) is 20.3 Å². The number of aryl methyl sites for hydroxylation is 1. The molecule has 134 valence electrons. The number of carbonyl (C=O) groups excluding carboxylic acids is 1. The monoisotopic (exact) mass is 360 g/mol. The molecule has 0 unspecified atom stereocenters. The van der Waals surface area contributed by atoms with Gasteiger partial charge in [-0.05, 0) is 43.3 Å². The van der Waals surface area contributed by atoms with Crippen LogP contribution in [0, 0.1) is 6.92 Å². The van der Waals surface area contributed by atoms with Crippen LogP contribution in [0.25, 0.3) is 22.4 Å². The van der Waals surface area contributed by atoms with Crippen LogP contribution in [-0.4, -0.2) is 20.9 Å². The number of aromatic nitrogens is 3. The van der Waals surface area contributed by atoms with Gasteiger partial charge in [0.1, 0.15) is 17.2 Å². The van der Waals surface area contributed by atoms with Crippen LogP contribution < -0.4 is 10.9 Å². The number of carbonyl (C=O) groups is 1. The molecule has 4 aromatic rings. The average Bonchev–Trinajstić information content (AvgIpc) is 3.05. The number of furan rings is 1. The molecule has 3 aromatic heterocycles. The Hall–Kier alpha value is -3.74. The molecule has 0 saturated heterocycles. The lowest BCUT2D eigenvalue weighted by molar-refractivity contribution is 0.0950. The zero-order valence-corrected chi connectivity index (χ0v) is 14.5. The van der Waals surface area contributed by atoms with Crippen molar-refractivity contribution in [3.8, 4) is 11.4 Å². The largest absolute Gasteiger partial charge is 0.461 e. The van der Waals surface area contributed by atoms with E-state index in [-0.39, 0.29) is 18.0 Å². The van der Waals surface area contributed by atoms with Crippen LogP contribution in [0.15, 0.2) is 64.1 Å². The number of pyridine rings is 1. The molecular formula is C20H16N4O3. The molecule has 0 radical (unpaired) electrons. The number of H-pyrrole nitrogens is 1. The molecule has 4 rings (SSSR count). The van der Waals surface area contributed by atoms with E-state index in [1.165, 1.54) is 6.07 Å². The Morgan fingerprint density at radius 1 is 1.15 bits per heavy atom. The van der Waals surface area contributed by atoms with E-state index in [1.807, 2.05) is 13.0 Å². The summed E-state index contributed by atoms with van der Waals surface area (Å²) >= 11 is 0. The molecule has 0 atom stereocenters. The smallest absolute Gasteiger partial charge is 0.251 e. The molecule has 0 bridgehead atoms. The van der Waals surface area contributed by atoms with Gasteiger partial charge in [0.25, 0.3) is 11.5 Å². The predicted octanol–water partition coefficient (Wildman–Crippen LogP) is 2.82. The van der Waals surface area contributed by atoms with E-state index >= 15 is 0 Å². The van der Waals surface area contributed by atoms with Gasteiger partial charge in [-0.15, -0.1) is 0 Å². The van der Waals surface area contributed by atoms with E-state index in [0.717, 1.165) is 22.3 Å². The van der Waals surface area contributed by atoms with Crippen LogP contribution in [-0.2, 0) is 6.54 Å². The summed E-state index contributed by atoms with van der Waals surface area (Å²) in [7, 11) is 0. The third-order valence-electron chi connectivity index (χ3n) is 4.08. The maximum Gasteiger partial charge on any atom is 0.251 e. The molecule has 0 fully saturated rings. The number of nitrogens with one attached hydrogen (secondary N) is 2. The van der Waals surface area contributed by atoms with E-state index < -0.39 is 0 Å². The highest BCUT2D eigenvalue weighted by atomic mass is 16.3. The molecule has 0 aliphatic rings. The fourth-order valence-electron chi connectivity index (χ4n) is 2.84. The van der Waals surface area contributed by atoms with Gasteiger partial charge in [-0.25, -0.2) is 4.98 Å². The Balaban J connectivity index is 1.53. The minimum absolute atomic E-state index is 0.142. The lowest BCUT2D eigenvalue weighted by Crippen LogP contribution is -2.24. The molecule has 0 saturated carbocycles. The van der Waals surface area contributed by atoms with Crippen molar-refractivity contribution in [3.05, 3.63) is 82.2 Å². The minimum atomic E-state index is -0.281. The molecule has 0 aliphatic heterocycles. The zero-order chi connectivity index (χ0) is 18.8. The first kappa shape index (κ1) is 16.7. The third kappa shape index (κ3) is 3.62. The summed E-state index contributed by atoms with van der Waals surface area (Å²) in [5.41, 5.74) is 2.19. The van der Waals surface area contributed by atoms with Crippen molar-refractivity contribution in [2.45, 2.75) is 13.5 Å². The van der Waals surface area contributed by atoms with Crippen molar-refractivity contribution in [1.29, 1.82) is 0 Å². The molecule has 3 heterocycles. The highest BCUT2D eigenvalue weighted by molar-refractivity contribution is 5.97. The average molecular weight is 360 g/mol. The lowest BCUT2D eigenvalue weighted by atomic mass is 10.1. The predicted molar refractivity (Wildman–Crippen MR) is 100 cm³/mol. The first-order chi connectivity index (χ1) is 13.1. The quantitative estimate of drug-likeness (QED) is 0.583. The van der Waals surface area contributed by atoms with Gasteiger partial charge in [-0.1, -0.05) is 0 Å². The number of aromatic amines is 1. The molecule has 7 nitrogen and oxygen atoms in total. The SMILES string of the molecule is Cc1cc2cc(C(=O)NCc3cc(=O)[nH]c(-c4ccncc4)n3)ccc2o1. The number of benzene rings is 1. The van der Waals surface area contributed by atoms with Crippen molar-refractivity contribution < 1.29 is 9.21 Å². The number of amides is 1. The number of nitrogens with zero attached hydrogens (tertiary/aromatic N) is 2. The summed E-state index contributed by atoms with van der Waals surface area (Å²) in [6.45, 7) is 2.00. The van der Waals surface area contributed by atoms with E-state index in [1.54, 1.807) is 42.7 Å². The second kappa shape index (κ2) is 6.87. The fourth-order valence-corrected chi connectivity index (χ4v) is 2.84. The topological polar surface area (TPSA) is 101 Å². The molecule has 0 aliphatic carbocycles. The molecule has 7 heteroatoms. The standard InChI is InChI=1S/C20H16N4O3/c1-12-8-15-9-14(2-3-17(15)27-12)20(26)22-11-16-10-18(25)24-19(23-16)13-4-6-21-7-5-13/h2-10H,11H2,1H3,(H,22,26)(H,23,24,25). The Kier molecular flexibility index (Phi) is 4.25. The fraction of sp³-hybridized carbons (Fsp3) is 0.100. The highest BCUT2D eigenvalue weighted by Gasteiger charge is 2.10. The Morgan fingerprint density at radius 3 is 2.78 bits per heavy atom. The third-order valence-corrected chi connectivity index (χ3v) is 4.08. The minimum Gasteiger partial charge on any atom is -0.461 e. The number of hydrogen-bond acceptors (Lipinski definition) is 5. The summed E-state index contributed by atoms with van der Waals surface area (Å²) in [6, 6.07) is 12.0. The van der Waals surface area contributed by atoms with Crippen molar-refractivity contribution in [3.63, 3.8) is 0 Å². The second-order valence-electron chi connectivity index (χ2n) is 6.11. The Morgan fingerprint density at radius 2 is 1.96 bits per heavy atom. The van der Waals surface area contributed by atoms with Gasteiger partial charge in [0, 0.05) is 35.0 Å². The molecule has 27 heavy (non-hydrogen) atoms. The molecule has 0 spiro atoms. The van der Waals surface area contributed by atoms with Crippen LogP contribution in [0.5, 0.6) is 0 Å². The molecule has 1 amide bonds. The normalized spacial score (nSPS) is 10.9. The van der Waals surface area contributed by atoms with Crippen LogP contribution in [0.2, 0.25) is 0 Å². The van der Waals surface area contributed by atoms with Crippen molar-refractivity contribution >= 4 is 16.9 Å². The highest BCUT2D eigenvalue weighted by Crippen LogP contribution is 2.20. The van der Waals surface area contributed by atoms with Gasteiger partial charge in [0.15, 0.2) is 0 Å². The number of rotatable bonds is 4. The molecule has 1 aromatic carbocycles. The summed E-state index contributed by atoms with van der Waals surface area (Å²) in [5, 5.41) is 3.67. The van der Waals surface area contributed by atoms with Crippen LogP contribution >= 0.6 is 0 Å². The number of fused-ring (bicyclic) bond motifs is 1. The summed E-state index contributed by atoms with van der Waals surface area (Å²) in [5.74, 6) is 0.978. The van der Waals surface area contributed by atoms with E-state index in [0.29, 0.717) is 17.1 Å². The molecule has 2 N–H and O–H groups in total. The van der Waals surface area contributed by atoms with Gasteiger partial charge in [-0.3, -0.25) is 14.6 Å². The van der Waals surface area contributed by atoms with Crippen molar-refractivity contribution in [2.24, 2.45) is 0 Å². The van der Waals surface area contributed by atoms with Gasteiger partial charge in [-0.2, -0.15) is 0 Å². The van der Waals surface area contributed by atoms with Crippen LogP contribution in [0.1, 0.15) is 21.8 Å². The van der Waals surface area contributed by atoms with Crippen molar-refractivity contribution in [2.75, 3.05) is 0 Å². The first-order valence-corrected chi connectivity index (χ1v) is 8.37. The summed E-state index contributed by atoms with van der Waals surface area (Å²) < 4.78 is 5.52. The van der Waals surface area contributed by atoms with Crippen LogP contribution in [0.3, 0.4) is 0 Å². The second-order valence-corrected chi connectivity index (χ2v) is 6.11.